The van der Waals surface area contributed by atoms with Crippen LogP contribution < -0.4 is 5.32 Å². The van der Waals surface area contributed by atoms with Crippen LogP contribution in [0.15, 0.2) is 28.9 Å². The standard InChI is InChI=1S/C16H22BrN3/c1-10(2)20-16(14(17)9-19-20)15(18-5)13-8-11(3)6-7-12(13)4/h6-10,15,18H,1-5H3. The molecule has 1 aromatic heterocycles. The van der Waals surface area contributed by atoms with Crippen LogP contribution in [0.2, 0.25) is 0 Å². The number of nitrogens with zero attached hydrogens (tertiary/aromatic N) is 2. The monoisotopic (exact) mass is 335 g/mol. The zero-order valence-corrected chi connectivity index (χ0v) is 14.3. The van der Waals surface area contributed by atoms with Crippen molar-refractivity contribution in [2.24, 2.45) is 0 Å². The van der Waals surface area contributed by atoms with Gasteiger partial charge in [-0.2, -0.15) is 5.10 Å². The Morgan fingerprint density at radius 3 is 2.55 bits per heavy atom. The summed E-state index contributed by atoms with van der Waals surface area (Å²) >= 11 is 3.64. The fraction of sp³-hybridized carbons (Fsp3) is 0.438. The van der Waals surface area contributed by atoms with Crippen molar-refractivity contribution in [1.82, 2.24) is 15.1 Å². The molecule has 0 spiro atoms. The first-order chi connectivity index (χ1) is 9.45. The number of benzene rings is 1. The Balaban J connectivity index is 2.58. The van der Waals surface area contributed by atoms with Crippen molar-refractivity contribution >= 4 is 15.9 Å². The summed E-state index contributed by atoms with van der Waals surface area (Å²) in [6.07, 6.45) is 1.88. The van der Waals surface area contributed by atoms with Gasteiger partial charge in [0.05, 0.1) is 22.4 Å². The summed E-state index contributed by atoms with van der Waals surface area (Å²) in [5.41, 5.74) is 5.04. The van der Waals surface area contributed by atoms with Crippen LogP contribution in [-0.2, 0) is 0 Å². The molecule has 2 rings (SSSR count). The fourth-order valence-corrected chi connectivity index (χ4v) is 3.04. The Morgan fingerprint density at radius 2 is 1.95 bits per heavy atom. The highest BCUT2D eigenvalue weighted by Gasteiger charge is 2.23. The molecule has 0 saturated carbocycles. The van der Waals surface area contributed by atoms with Gasteiger partial charge in [-0.25, -0.2) is 0 Å². The Labute approximate surface area is 129 Å². The molecule has 0 fully saturated rings. The summed E-state index contributed by atoms with van der Waals surface area (Å²) in [6, 6.07) is 7.05. The zero-order chi connectivity index (χ0) is 14.9. The molecule has 0 amide bonds. The second-order valence-corrected chi connectivity index (χ2v) is 6.35. The van der Waals surface area contributed by atoms with E-state index in [1.165, 1.54) is 22.4 Å². The molecule has 108 valence electrons. The largest absolute Gasteiger partial charge is 0.308 e. The molecular formula is C16H22BrN3. The molecular weight excluding hydrogens is 314 g/mol. The number of nitrogens with one attached hydrogen (secondary N) is 1. The van der Waals surface area contributed by atoms with Gasteiger partial charge in [-0.3, -0.25) is 4.68 Å². The minimum Gasteiger partial charge on any atom is -0.308 e. The lowest BCUT2D eigenvalue weighted by atomic mass is 9.96. The van der Waals surface area contributed by atoms with Crippen molar-refractivity contribution < 1.29 is 0 Å². The van der Waals surface area contributed by atoms with Crippen LogP contribution in [0.5, 0.6) is 0 Å². The maximum Gasteiger partial charge on any atom is 0.0760 e. The van der Waals surface area contributed by atoms with Crippen molar-refractivity contribution in [2.75, 3.05) is 7.05 Å². The van der Waals surface area contributed by atoms with Gasteiger partial charge in [-0.15, -0.1) is 0 Å². The third-order valence-electron chi connectivity index (χ3n) is 3.58. The molecule has 1 aromatic carbocycles. The fourth-order valence-electron chi connectivity index (χ4n) is 2.54. The third kappa shape index (κ3) is 2.81. The van der Waals surface area contributed by atoms with Crippen LogP contribution in [0.3, 0.4) is 0 Å². The van der Waals surface area contributed by atoms with Crippen molar-refractivity contribution in [3.05, 3.63) is 51.3 Å². The minimum atomic E-state index is 0.133. The molecule has 0 aliphatic carbocycles. The molecule has 0 saturated heterocycles. The Bertz CT molecular complexity index is 602. The van der Waals surface area contributed by atoms with Gasteiger partial charge in [0, 0.05) is 6.04 Å². The Hall–Kier alpha value is -1.13. The lowest BCUT2D eigenvalue weighted by Crippen LogP contribution is -2.23. The lowest BCUT2D eigenvalue weighted by molar-refractivity contribution is 0.482. The highest BCUT2D eigenvalue weighted by atomic mass is 79.9. The minimum absolute atomic E-state index is 0.133. The first-order valence-electron chi connectivity index (χ1n) is 6.93. The number of aromatic nitrogens is 2. The molecule has 1 unspecified atom stereocenters. The molecule has 2 aromatic rings. The van der Waals surface area contributed by atoms with Crippen molar-refractivity contribution in [3.8, 4) is 0 Å². The van der Waals surface area contributed by atoms with Crippen LogP contribution in [-0.4, -0.2) is 16.8 Å². The molecule has 20 heavy (non-hydrogen) atoms. The summed E-state index contributed by atoms with van der Waals surface area (Å²) in [7, 11) is 2.00. The average Bonchev–Trinajstić information content (AvgIpc) is 2.77. The molecule has 3 nitrogen and oxygen atoms in total. The lowest BCUT2D eigenvalue weighted by Gasteiger charge is -2.23. The van der Waals surface area contributed by atoms with Gasteiger partial charge in [0.15, 0.2) is 0 Å². The number of hydrogen-bond donors (Lipinski definition) is 1. The van der Waals surface area contributed by atoms with E-state index in [2.05, 4.69) is 76.9 Å². The van der Waals surface area contributed by atoms with Gasteiger partial charge in [0.1, 0.15) is 0 Å². The van der Waals surface area contributed by atoms with E-state index in [1.807, 2.05) is 13.2 Å². The van der Waals surface area contributed by atoms with Crippen LogP contribution in [0.4, 0.5) is 0 Å². The van der Waals surface area contributed by atoms with E-state index in [4.69, 9.17) is 0 Å². The summed E-state index contributed by atoms with van der Waals surface area (Å²) < 4.78 is 3.12. The average molecular weight is 336 g/mol. The molecule has 0 bridgehead atoms. The van der Waals surface area contributed by atoms with E-state index in [0.29, 0.717) is 6.04 Å². The third-order valence-corrected chi connectivity index (χ3v) is 4.19. The molecule has 0 aliphatic heterocycles. The molecule has 4 heteroatoms. The first-order valence-corrected chi connectivity index (χ1v) is 7.72. The van der Waals surface area contributed by atoms with Gasteiger partial charge in [0.25, 0.3) is 0 Å². The number of halogens is 1. The predicted molar refractivity (Wildman–Crippen MR) is 87.1 cm³/mol. The molecule has 1 N–H and O–H groups in total. The van der Waals surface area contributed by atoms with E-state index in [1.54, 1.807) is 0 Å². The van der Waals surface area contributed by atoms with E-state index in [-0.39, 0.29) is 6.04 Å². The van der Waals surface area contributed by atoms with Crippen molar-refractivity contribution in [2.45, 2.75) is 39.8 Å². The number of rotatable bonds is 4. The second kappa shape index (κ2) is 6.10. The van der Waals surface area contributed by atoms with E-state index < -0.39 is 0 Å². The van der Waals surface area contributed by atoms with Gasteiger partial charge in [-0.1, -0.05) is 23.8 Å². The normalized spacial score (nSPS) is 12.9. The van der Waals surface area contributed by atoms with Crippen molar-refractivity contribution in [1.29, 1.82) is 0 Å². The molecule has 0 radical (unpaired) electrons. The topological polar surface area (TPSA) is 29.9 Å². The highest BCUT2D eigenvalue weighted by Crippen LogP contribution is 2.32. The summed E-state index contributed by atoms with van der Waals surface area (Å²) in [6.45, 7) is 8.59. The summed E-state index contributed by atoms with van der Waals surface area (Å²) in [4.78, 5) is 0. The SMILES string of the molecule is CNC(c1cc(C)ccc1C)c1c(Br)cnn1C(C)C. The zero-order valence-electron chi connectivity index (χ0n) is 12.7. The number of aryl methyl sites for hydroxylation is 2. The molecule has 1 atom stereocenters. The number of hydrogen-bond acceptors (Lipinski definition) is 2. The van der Waals surface area contributed by atoms with Gasteiger partial charge < -0.3 is 5.32 Å². The quantitative estimate of drug-likeness (QED) is 0.909. The maximum atomic E-state index is 4.49. The van der Waals surface area contributed by atoms with Crippen molar-refractivity contribution in [3.63, 3.8) is 0 Å². The first kappa shape index (κ1) is 15.3. The van der Waals surface area contributed by atoms with Gasteiger partial charge >= 0.3 is 0 Å². The van der Waals surface area contributed by atoms with Crippen LogP contribution in [0, 0.1) is 13.8 Å². The van der Waals surface area contributed by atoms with E-state index in [0.717, 1.165) is 4.47 Å². The highest BCUT2D eigenvalue weighted by molar-refractivity contribution is 9.10. The Kier molecular flexibility index (Phi) is 4.66. The van der Waals surface area contributed by atoms with Crippen LogP contribution in [0.1, 0.15) is 48.3 Å². The van der Waals surface area contributed by atoms with Crippen LogP contribution in [0.25, 0.3) is 0 Å². The molecule has 0 aliphatic rings. The Morgan fingerprint density at radius 1 is 1.25 bits per heavy atom. The van der Waals surface area contributed by atoms with Crippen LogP contribution >= 0.6 is 15.9 Å². The smallest absolute Gasteiger partial charge is 0.0760 e. The van der Waals surface area contributed by atoms with E-state index in [9.17, 15) is 0 Å². The van der Waals surface area contributed by atoms with Gasteiger partial charge in [-0.05, 0) is 61.8 Å². The van der Waals surface area contributed by atoms with Gasteiger partial charge in [0.2, 0.25) is 0 Å². The second-order valence-electron chi connectivity index (χ2n) is 5.50. The summed E-state index contributed by atoms with van der Waals surface area (Å²) in [5, 5.41) is 7.93. The predicted octanol–water partition coefficient (Wildman–Crippen LogP) is 4.15. The maximum absolute atomic E-state index is 4.49. The van der Waals surface area contributed by atoms with E-state index >= 15 is 0 Å². The summed E-state index contributed by atoms with van der Waals surface area (Å²) in [5.74, 6) is 0. The molecule has 1 heterocycles.